The maximum absolute atomic E-state index is 11.8. The van der Waals surface area contributed by atoms with Gasteiger partial charge in [-0.1, -0.05) is 0 Å². The summed E-state index contributed by atoms with van der Waals surface area (Å²) in [6.07, 6.45) is 5.33. The molecule has 2 aromatic carbocycles. The van der Waals surface area contributed by atoms with Crippen molar-refractivity contribution in [1.29, 1.82) is 0 Å². The first kappa shape index (κ1) is 17.8. The normalized spacial score (nSPS) is 10.5. The Kier molecular flexibility index (Phi) is 6.06. The maximum Gasteiger partial charge on any atom is 0.224 e. The van der Waals surface area contributed by atoms with Crippen LogP contribution < -0.4 is 15.4 Å². The number of benzene rings is 2. The minimum absolute atomic E-state index is 0.0227. The van der Waals surface area contributed by atoms with Crippen molar-refractivity contribution in [2.45, 2.75) is 12.8 Å². The van der Waals surface area contributed by atoms with Gasteiger partial charge >= 0.3 is 0 Å². The number of anilines is 1. The first-order valence-corrected chi connectivity index (χ1v) is 8.70. The van der Waals surface area contributed by atoms with Crippen molar-refractivity contribution in [3.05, 3.63) is 73.1 Å². The van der Waals surface area contributed by atoms with Crippen LogP contribution in [0, 0.1) is 0 Å². The van der Waals surface area contributed by atoms with Gasteiger partial charge in [-0.25, -0.2) is 0 Å². The van der Waals surface area contributed by atoms with Gasteiger partial charge in [0.25, 0.3) is 0 Å². The van der Waals surface area contributed by atoms with Crippen LogP contribution in [0.4, 0.5) is 5.69 Å². The molecule has 0 saturated carbocycles. The molecule has 5 nitrogen and oxygen atoms in total. The number of hydrogen-bond donors (Lipinski definition) is 2. The largest absolute Gasteiger partial charge is 0.457 e. The van der Waals surface area contributed by atoms with Gasteiger partial charge in [-0.05, 0) is 80.7 Å². The summed E-state index contributed by atoms with van der Waals surface area (Å²) < 4.78 is 7.90. The van der Waals surface area contributed by atoms with E-state index in [4.69, 9.17) is 4.74 Å². The van der Waals surface area contributed by atoms with E-state index in [2.05, 4.69) is 10.6 Å². The van der Waals surface area contributed by atoms with Crippen LogP contribution in [0.1, 0.15) is 12.8 Å². The number of carbonyl (C=O) groups excluding carboxylic acids is 1. The highest BCUT2D eigenvalue weighted by molar-refractivity contribution is 5.90. The number of rotatable bonds is 8. The zero-order valence-electron chi connectivity index (χ0n) is 14.8. The van der Waals surface area contributed by atoms with Gasteiger partial charge in [0.2, 0.25) is 5.91 Å². The average molecular weight is 349 g/mol. The molecule has 26 heavy (non-hydrogen) atoms. The van der Waals surface area contributed by atoms with Gasteiger partial charge in [0.05, 0.1) is 0 Å². The average Bonchev–Trinajstić information content (AvgIpc) is 3.19. The molecule has 3 aromatic rings. The molecule has 0 saturated heterocycles. The molecule has 1 amide bonds. The number of nitrogens with one attached hydrogen (secondary N) is 2. The Morgan fingerprint density at radius 2 is 1.58 bits per heavy atom. The fourth-order valence-electron chi connectivity index (χ4n) is 2.58. The fourth-order valence-corrected chi connectivity index (χ4v) is 2.58. The summed E-state index contributed by atoms with van der Waals surface area (Å²) in [4.78, 5) is 11.8. The quantitative estimate of drug-likeness (QED) is 0.599. The van der Waals surface area contributed by atoms with Crippen LogP contribution in [-0.2, 0) is 4.79 Å². The lowest BCUT2D eigenvalue weighted by atomic mass is 10.2. The minimum Gasteiger partial charge on any atom is -0.457 e. The van der Waals surface area contributed by atoms with Crippen molar-refractivity contribution in [2.24, 2.45) is 0 Å². The topological polar surface area (TPSA) is 55.3 Å². The summed E-state index contributed by atoms with van der Waals surface area (Å²) in [5, 5.41) is 5.92. The summed E-state index contributed by atoms with van der Waals surface area (Å²) >= 11 is 0. The Balaban J connectivity index is 1.55. The maximum atomic E-state index is 11.8. The molecule has 0 fully saturated rings. The molecule has 0 unspecified atom stereocenters. The van der Waals surface area contributed by atoms with Crippen LogP contribution in [0.15, 0.2) is 73.1 Å². The van der Waals surface area contributed by atoms with E-state index in [1.165, 1.54) is 0 Å². The first-order valence-electron chi connectivity index (χ1n) is 8.70. The SMILES string of the molecule is CNCCCC(=O)Nc1ccc(Oc2ccc(-n3cccc3)cc2)cc1. The lowest BCUT2D eigenvalue weighted by molar-refractivity contribution is -0.116. The number of aromatic nitrogens is 1. The smallest absolute Gasteiger partial charge is 0.224 e. The van der Waals surface area contributed by atoms with Crippen molar-refractivity contribution >= 4 is 11.6 Å². The van der Waals surface area contributed by atoms with E-state index in [1.807, 2.05) is 84.7 Å². The molecule has 0 bridgehead atoms. The molecule has 0 aliphatic rings. The summed E-state index contributed by atoms with van der Waals surface area (Å²) in [6, 6.07) is 19.3. The summed E-state index contributed by atoms with van der Waals surface area (Å²) in [5.41, 5.74) is 1.86. The number of amides is 1. The van der Waals surface area contributed by atoms with E-state index in [-0.39, 0.29) is 5.91 Å². The number of nitrogens with zero attached hydrogens (tertiary/aromatic N) is 1. The van der Waals surface area contributed by atoms with Crippen molar-refractivity contribution in [2.75, 3.05) is 18.9 Å². The zero-order valence-corrected chi connectivity index (χ0v) is 14.8. The van der Waals surface area contributed by atoms with Crippen LogP contribution in [0.5, 0.6) is 11.5 Å². The Morgan fingerprint density at radius 3 is 2.19 bits per heavy atom. The van der Waals surface area contributed by atoms with E-state index in [1.54, 1.807) is 0 Å². The Morgan fingerprint density at radius 1 is 0.962 bits per heavy atom. The Hall–Kier alpha value is -3.05. The molecular weight excluding hydrogens is 326 g/mol. The number of carbonyl (C=O) groups is 1. The standard InChI is InChI=1S/C21H23N3O2/c1-22-14-4-5-21(25)23-17-6-10-19(11-7-17)26-20-12-8-18(9-13-20)24-15-2-3-16-24/h2-3,6-13,15-16,22H,4-5,14H2,1H3,(H,23,25). The second kappa shape index (κ2) is 8.87. The second-order valence-electron chi connectivity index (χ2n) is 5.97. The molecule has 5 heteroatoms. The molecule has 0 radical (unpaired) electrons. The van der Waals surface area contributed by atoms with Gasteiger partial charge in [0.15, 0.2) is 0 Å². The number of ether oxygens (including phenoxy) is 1. The van der Waals surface area contributed by atoms with Crippen molar-refractivity contribution in [3.63, 3.8) is 0 Å². The molecular formula is C21H23N3O2. The van der Waals surface area contributed by atoms with Crippen LogP contribution in [0.3, 0.4) is 0 Å². The Bertz CT molecular complexity index is 809. The van der Waals surface area contributed by atoms with Crippen LogP contribution in [0.25, 0.3) is 5.69 Å². The molecule has 1 heterocycles. The lowest BCUT2D eigenvalue weighted by Gasteiger charge is -2.09. The summed E-state index contributed by atoms with van der Waals surface area (Å²) in [5.74, 6) is 1.52. The van der Waals surface area contributed by atoms with Gasteiger partial charge in [-0.15, -0.1) is 0 Å². The number of hydrogen-bond acceptors (Lipinski definition) is 3. The van der Waals surface area contributed by atoms with Crippen molar-refractivity contribution < 1.29 is 9.53 Å². The molecule has 0 aliphatic carbocycles. The van der Waals surface area contributed by atoms with Gasteiger partial charge in [0.1, 0.15) is 11.5 Å². The molecule has 0 atom stereocenters. The summed E-state index contributed by atoms with van der Waals surface area (Å²) in [6.45, 7) is 0.837. The highest BCUT2D eigenvalue weighted by Crippen LogP contribution is 2.24. The van der Waals surface area contributed by atoms with Crippen LogP contribution in [0.2, 0.25) is 0 Å². The van der Waals surface area contributed by atoms with Crippen molar-refractivity contribution in [3.8, 4) is 17.2 Å². The third-order valence-electron chi connectivity index (χ3n) is 3.94. The highest BCUT2D eigenvalue weighted by Gasteiger charge is 2.03. The molecule has 134 valence electrons. The molecule has 2 N–H and O–H groups in total. The zero-order chi connectivity index (χ0) is 18.2. The third kappa shape index (κ3) is 4.97. The van der Waals surface area contributed by atoms with Crippen molar-refractivity contribution in [1.82, 2.24) is 9.88 Å². The predicted octanol–water partition coefficient (Wildman–Crippen LogP) is 4.21. The minimum atomic E-state index is 0.0227. The summed E-state index contributed by atoms with van der Waals surface area (Å²) in [7, 11) is 1.88. The third-order valence-corrected chi connectivity index (χ3v) is 3.94. The molecule has 0 aliphatic heterocycles. The van der Waals surface area contributed by atoms with E-state index in [0.717, 1.165) is 35.8 Å². The first-order chi connectivity index (χ1) is 12.7. The van der Waals surface area contributed by atoms with E-state index in [0.29, 0.717) is 6.42 Å². The van der Waals surface area contributed by atoms with E-state index in [9.17, 15) is 4.79 Å². The predicted molar refractivity (Wildman–Crippen MR) is 104 cm³/mol. The van der Waals surface area contributed by atoms with Gasteiger partial charge in [-0.2, -0.15) is 0 Å². The van der Waals surface area contributed by atoms with E-state index >= 15 is 0 Å². The molecule has 0 spiro atoms. The molecule has 3 rings (SSSR count). The van der Waals surface area contributed by atoms with Gasteiger partial charge in [0, 0.05) is 30.2 Å². The van der Waals surface area contributed by atoms with Gasteiger partial charge < -0.3 is 19.9 Å². The van der Waals surface area contributed by atoms with Crippen LogP contribution >= 0.6 is 0 Å². The highest BCUT2D eigenvalue weighted by atomic mass is 16.5. The molecule has 1 aromatic heterocycles. The lowest BCUT2D eigenvalue weighted by Crippen LogP contribution is -2.15. The second-order valence-corrected chi connectivity index (χ2v) is 5.97. The van der Waals surface area contributed by atoms with Gasteiger partial charge in [-0.3, -0.25) is 4.79 Å². The van der Waals surface area contributed by atoms with E-state index < -0.39 is 0 Å². The fraction of sp³-hybridized carbons (Fsp3) is 0.190. The monoisotopic (exact) mass is 349 g/mol. The Labute approximate surface area is 153 Å². The van der Waals surface area contributed by atoms with Crippen LogP contribution in [-0.4, -0.2) is 24.1 Å².